The van der Waals surface area contributed by atoms with Gasteiger partial charge in [-0.15, -0.1) is 0 Å². The Kier molecular flexibility index (Phi) is 2.80. The summed E-state index contributed by atoms with van der Waals surface area (Å²) in [7, 11) is 0. The summed E-state index contributed by atoms with van der Waals surface area (Å²) in [5.74, 6) is 0.959. The van der Waals surface area contributed by atoms with Crippen molar-refractivity contribution in [1.29, 1.82) is 0 Å². The Bertz CT molecular complexity index is 340. The van der Waals surface area contributed by atoms with Gasteiger partial charge in [-0.25, -0.2) is 4.98 Å². The first-order chi connectivity index (χ1) is 7.15. The minimum absolute atomic E-state index is 0.211. The number of H-pyrrole nitrogens is 1. The van der Waals surface area contributed by atoms with E-state index >= 15 is 0 Å². The molecule has 3 N–H and O–H groups in total. The summed E-state index contributed by atoms with van der Waals surface area (Å²) in [5.41, 5.74) is 7.52. The van der Waals surface area contributed by atoms with E-state index in [9.17, 15) is 0 Å². The maximum absolute atomic E-state index is 5.75. The van der Waals surface area contributed by atoms with Gasteiger partial charge in [-0.3, -0.25) is 0 Å². The van der Waals surface area contributed by atoms with Crippen molar-refractivity contribution in [3.05, 3.63) is 17.2 Å². The van der Waals surface area contributed by atoms with E-state index in [1.54, 1.807) is 0 Å². The number of imidazole rings is 1. The molecule has 1 aliphatic rings. The summed E-state index contributed by atoms with van der Waals surface area (Å²) < 4.78 is 5.75. The lowest BCUT2D eigenvalue weighted by Gasteiger charge is -2.19. The second kappa shape index (κ2) is 3.94. The molecule has 1 atom stereocenters. The monoisotopic (exact) mass is 209 g/mol. The summed E-state index contributed by atoms with van der Waals surface area (Å²) in [6.07, 6.45) is 2.99. The fraction of sp³-hybridized carbons (Fsp3) is 0.727. The zero-order chi connectivity index (χ0) is 10.9. The van der Waals surface area contributed by atoms with Crippen molar-refractivity contribution in [2.75, 3.05) is 13.2 Å². The predicted octanol–water partition coefficient (Wildman–Crippen LogP) is 1.24. The van der Waals surface area contributed by atoms with Gasteiger partial charge in [-0.05, 0) is 33.2 Å². The molecule has 2 rings (SSSR count). The average molecular weight is 209 g/mol. The second-order valence-corrected chi connectivity index (χ2v) is 4.38. The van der Waals surface area contributed by atoms with Crippen LogP contribution in [0, 0.1) is 6.92 Å². The number of ether oxygens (including phenoxy) is 1. The van der Waals surface area contributed by atoms with Crippen LogP contribution in [0.2, 0.25) is 0 Å². The molecule has 0 spiro atoms. The first-order valence-electron chi connectivity index (χ1n) is 5.56. The fourth-order valence-electron chi connectivity index (χ4n) is 2.09. The number of nitrogens with two attached hydrogens (primary N) is 1. The van der Waals surface area contributed by atoms with Crippen molar-refractivity contribution in [3.8, 4) is 0 Å². The van der Waals surface area contributed by atoms with E-state index in [-0.39, 0.29) is 5.60 Å². The molecule has 1 unspecified atom stereocenters. The first kappa shape index (κ1) is 10.6. The van der Waals surface area contributed by atoms with Crippen LogP contribution in [0.1, 0.15) is 37.0 Å². The summed E-state index contributed by atoms with van der Waals surface area (Å²) in [5, 5.41) is 0. The average Bonchev–Trinajstić information content (AvgIpc) is 2.76. The third-order valence-corrected chi connectivity index (χ3v) is 3.09. The van der Waals surface area contributed by atoms with Crippen LogP contribution in [0.15, 0.2) is 0 Å². The van der Waals surface area contributed by atoms with E-state index in [0.29, 0.717) is 6.54 Å². The number of aromatic nitrogens is 2. The molecule has 1 aromatic heterocycles. The van der Waals surface area contributed by atoms with Gasteiger partial charge in [-0.1, -0.05) is 0 Å². The molecule has 15 heavy (non-hydrogen) atoms. The molecule has 4 heteroatoms. The Balaban J connectivity index is 2.25. The minimum Gasteiger partial charge on any atom is -0.367 e. The van der Waals surface area contributed by atoms with Gasteiger partial charge in [0, 0.05) is 18.7 Å². The van der Waals surface area contributed by atoms with Crippen LogP contribution < -0.4 is 5.73 Å². The van der Waals surface area contributed by atoms with Gasteiger partial charge in [0.2, 0.25) is 0 Å². The van der Waals surface area contributed by atoms with Gasteiger partial charge < -0.3 is 15.5 Å². The Labute approximate surface area is 90.2 Å². The molecule has 0 aromatic carbocycles. The topological polar surface area (TPSA) is 63.9 Å². The van der Waals surface area contributed by atoms with Gasteiger partial charge >= 0.3 is 0 Å². The lowest BCUT2D eigenvalue weighted by molar-refractivity contribution is 0.00989. The molecule has 1 fully saturated rings. The summed E-state index contributed by atoms with van der Waals surface area (Å²) >= 11 is 0. The van der Waals surface area contributed by atoms with Crippen LogP contribution in [0.3, 0.4) is 0 Å². The number of aryl methyl sites for hydroxylation is 1. The zero-order valence-electron chi connectivity index (χ0n) is 9.47. The van der Waals surface area contributed by atoms with E-state index in [0.717, 1.165) is 43.1 Å². The largest absolute Gasteiger partial charge is 0.367 e. The van der Waals surface area contributed by atoms with Crippen molar-refractivity contribution >= 4 is 0 Å². The van der Waals surface area contributed by atoms with Crippen molar-refractivity contribution in [1.82, 2.24) is 9.97 Å². The lowest BCUT2D eigenvalue weighted by atomic mass is 10.0. The molecule has 0 bridgehead atoms. The second-order valence-electron chi connectivity index (χ2n) is 4.38. The molecule has 0 amide bonds. The lowest BCUT2D eigenvalue weighted by Crippen LogP contribution is -2.21. The highest BCUT2D eigenvalue weighted by molar-refractivity contribution is 5.17. The highest BCUT2D eigenvalue weighted by Crippen LogP contribution is 2.34. The van der Waals surface area contributed by atoms with Crippen molar-refractivity contribution < 1.29 is 4.74 Å². The maximum atomic E-state index is 5.75. The molecule has 4 nitrogen and oxygen atoms in total. The number of rotatable bonds is 3. The van der Waals surface area contributed by atoms with E-state index in [4.69, 9.17) is 10.5 Å². The van der Waals surface area contributed by atoms with Gasteiger partial charge in [0.1, 0.15) is 11.4 Å². The smallest absolute Gasteiger partial charge is 0.138 e. The summed E-state index contributed by atoms with van der Waals surface area (Å²) in [6, 6.07) is 0. The van der Waals surface area contributed by atoms with Gasteiger partial charge in [-0.2, -0.15) is 0 Å². The van der Waals surface area contributed by atoms with Gasteiger partial charge in [0.15, 0.2) is 0 Å². The van der Waals surface area contributed by atoms with Crippen LogP contribution in [-0.4, -0.2) is 23.1 Å². The molecular weight excluding hydrogens is 190 g/mol. The van der Waals surface area contributed by atoms with E-state index in [2.05, 4.69) is 16.9 Å². The molecule has 0 aliphatic carbocycles. The Hall–Kier alpha value is -0.870. The molecule has 1 aromatic rings. The number of aromatic amines is 1. The van der Waals surface area contributed by atoms with Crippen LogP contribution >= 0.6 is 0 Å². The Morgan fingerprint density at radius 2 is 2.40 bits per heavy atom. The Morgan fingerprint density at radius 1 is 1.60 bits per heavy atom. The van der Waals surface area contributed by atoms with E-state index in [1.807, 2.05) is 6.92 Å². The van der Waals surface area contributed by atoms with Crippen molar-refractivity contribution in [2.45, 2.75) is 38.7 Å². The molecule has 2 heterocycles. The van der Waals surface area contributed by atoms with Gasteiger partial charge in [0.05, 0.1) is 5.69 Å². The molecule has 0 radical (unpaired) electrons. The highest BCUT2D eigenvalue weighted by Gasteiger charge is 2.35. The van der Waals surface area contributed by atoms with Crippen LogP contribution in [0.5, 0.6) is 0 Å². The van der Waals surface area contributed by atoms with Crippen LogP contribution in [0.4, 0.5) is 0 Å². The zero-order valence-corrected chi connectivity index (χ0v) is 9.47. The SMILES string of the molecule is Cc1[nH]c(C2(C)CCCO2)nc1CCN. The summed E-state index contributed by atoms with van der Waals surface area (Å²) in [4.78, 5) is 7.91. The summed E-state index contributed by atoms with van der Waals surface area (Å²) in [6.45, 7) is 5.62. The third kappa shape index (κ3) is 1.92. The van der Waals surface area contributed by atoms with E-state index in [1.165, 1.54) is 0 Å². The highest BCUT2D eigenvalue weighted by atomic mass is 16.5. The Morgan fingerprint density at radius 3 is 3.00 bits per heavy atom. The molecule has 1 saturated heterocycles. The van der Waals surface area contributed by atoms with Crippen LogP contribution in [-0.2, 0) is 16.8 Å². The number of hydrogen-bond donors (Lipinski definition) is 2. The standard InChI is InChI=1S/C11H19N3O/c1-8-9(4-6-12)14-10(13-8)11(2)5-3-7-15-11/h3-7,12H2,1-2H3,(H,13,14). The van der Waals surface area contributed by atoms with E-state index < -0.39 is 0 Å². The number of nitrogens with zero attached hydrogens (tertiary/aromatic N) is 1. The minimum atomic E-state index is -0.211. The molecular formula is C11H19N3O. The normalized spacial score (nSPS) is 26.1. The maximum Gasteiger partial charge on any atom is 0.138 e. The van der Waals surface area contributed by atoms with Crippen molar-refractivity contribution in [3.63, 3.8) is 0 Å². The number of nitrogens with one attached hydrogen (secondary N) is 1. The quantitative estimate of drug-likeness (QED) is 0.787. The first-order valence-corrected chi connectivity index (χ1v) is 5.56. The predicted molar refractivity (Wildman–Crippen MR) is 58.6 cm³/mol. The molecule has 0 saturated carbocycles. The van der Waals surface area contributed by atoms with Crippen LogP contribution in [0.25, 0.3) is 0 Å². The van der Waals surface area contributed by atoms with Crippen molar-refractivity contribution in [2.24, 2.45) is 5.73 Å². The fourth-order valence-corrected chi connectivity index (χ4v) is 2.09. The number of hydrogen-bond acceptors (Lipinski definition) is 3. The third-order valence-electron chi connectivity index (χ3n) is 3.09. The molecule has 84 valence electrons. The van der Waals surface area contributed by atoms with Gasteiger partial charge in [0.25, 0.3) is 0 Å². The molecule has 1 aliphatic heterocycles.